The molecule has 118 valence electrons. The molecule has 0 aromatic heterocycles. The van der Waals surface area contributed by atoms with E-state index in [2.05, 4.69) is 43.4 Å². The van der Waals surface area contributed by atoms with Crippen LogP contribution >= 0.6 is 0 Å². The van der Waals surface area contributed by atoms with Gasteiger partial charge in [0.25, 0.3) is 0 Å². The molecule has 0 aliphatic carbocycles. The molecule has 2 aromatic rings. The third-order valence-electron chi connectivity index (χ3n) is 3.86. The van der Waals surface area contributed by atoms with Crippen LogP contribution in [-0.2, 0) is 13.2 Å². The molecule has 0 saturated carbocycles. The molecule has 0 aliphatic heterocycles. The summed E-state index contributed by atoms with van der Waals surface area (Å²) in [6, 6.07) is 16.5. The summed E-state index contributed by atoms with van der Waals surface area (Å²) in [7, 11) is 0. The number of nitrogens with one attached hydrogen (secondary N) is 1. The summed E-state index contributed by atoms with van der Waals surface area (Å²) in [5.74, 6) is 0.875. The number of aryl methyl sites for hydroxylation is 1. The molecular weight excluding hydrogens is 274 g/mol. The molecule has 0 bridgehead atoms. The summed E-state index contributed by atoms with van der Waals surface area (Å²) < 4.78 is 5.90. The van der Waals surface area contributed by atoms with Crippen LogP contribution in [0.1, 0.15) is 30.0 Å². The van der Waals surface area contributed by atoms with Gasteiger partial charge in [0.2, 0.25) is 0 Å². The van der Waals surface area contributed by atoms with Crippen molar-refractivity contribution < 1.29 is 9.84 Å². The van der Waals surface area contributed by atoms with Crippen LogP contribution in [0.3, 0.4) is 0 Å². The van der Waals surface area contributed by atoms with E-state index in [1.807, 2.05) is 24.3 Å². The molecule has 3 nitrogen and oxygen atoms in total. The lowest BCUT2D eigenvalue weighted by atomic mass is 10.1. The van der Waals surface area contributed by atoms with Crippen LogP contribution in [0.2, 0.25) is 0 Å². The first-order valence-electron chi connectivity index (χ1n) is 7.83. The Bertz CT molecular complexity index is 579. The topological polar surface area (TPSA) is 41.5 Å². The van der Waals surface area contributed by atoms with Crippen LogP contribution in [0.5, 0.6) is 5.75 Å². The molecule has 0 heterocycles. The van der Waals surface area contributed by atoms with E-state index < -0.39 is 0 Å². The molecule has 0 unspecified atom stereocenters. The van der Waals surface area contributed by atoms with Crippen molar-refractivity contribution in [2.45, 2.75) is 39.5 Å². The van der Waals surface area contributed by atoms with Crippen molar-refractivity contribution in [1.29, 1.82) is 0 Å². The minimum atomic E-state index is 0.150. The zero-order valence-corrected chi connectivity index (χ0v) is 13.4. The fourth-order valence-electron chi connectivity index (χ4n) is 2.28. The Kier molecular flexibility index (Phi) is 6.44. The first-order valence-corrected chi connectivity index (χ1v) is 7.83. The van der Waals surface area contributed by atoms with Gasteiger partial charge in [-0.3, -0.25) is 0 Å². The molecule has 0 aliphatic rings. The molecule has 0 fully saturated rings. The van der Waals surface area contributed by atoms with E-state index in [1.165, 1.54) is 11.1 Å². The lowest BCUT2D eigenvalue weighted by Crippen LogP contribution is -2.31. The number of benzene rings is 2. The number of hydrogen-bond donors (Lipinski definition) is 2. The number of ether oxygens (including phenoxy) is 1. The fourth-order valence-corrected chi connectivity index (χ4v) is 2.28. The summed E-state index contributed by atoms with van der Waals surface area (Å²) >= 11 is 0. The highest BCUT2D eigenvalue weighted by Crippen LogP contribution is 2.16. The Morgan fingerprint density at radius 3 is 2.68 bits per heavy atom. The van der Waals surface area contributed by atoms with Crippen molar-refractivity contribution >= 4 is 0 Å². The van der Waals surface area contributed by atoms with E-state index in [-0.39, 0.29) is 12.6 Å². The smallest absolute Gasteiger partial charge is 0.120 e. The van der Waals surface area contributed by atoms with Crippen molar-refractivity contribution in [1.82, 2.24) is 5.32 Å². The maximum atomic E-state index is 9.21. The van der Waals surface area contributed by atoms with Crippen molar-refractivity contribution in [3.05, 3.63) is 65.2 Å². The molecule has 0 spiro atoms. The second kappa shape index (κ2) is 8.57. The number of aliphatic hydroxyl groups is 1. The fraction of sp³-hybridized carbons (Fsp3) is 0.368. The molecule has 0 amide bonds. The Morgan fingerprint density at radius 1 is 1.14 bits per heavy atom. The minimum absolute atomic E-state index is 0.150. The molecule has 0 radical (unpaired) electrons. The highest BCUT2D eigenvalue weighted by molar-refractivity contribution is 5.30. The van der Waals surface area contributed by atoms with Gasteiger partial charge in [-0.25, -0.2) is 0 Å². The highest BCUT2D eigenvalue weighted by Gasteiger charge is 2.04. The van der Waals surface area contributed by atoms with Gasteiger partial charge in [-0.15, -0.1) is 0 Å². The summed E-state index contributed by atoms with van der Waals surface area (Å²) in [4.78, 5) is 0. The van der Waals surface area contributed by atoms with Crippen molar-refractivity contribution in [3.63, 3.8) is 0 Å². The molecule has 1 atom stereocenters. The summed E-state index contributed by atoms with van der Waals surface area (Å²) in [5, 5.41) is 12.5. The van der Waals surface area contributed by atoms with Crippen LogP contribution in [-0.4, -0.2) is 17.8 Å². The summed E-state index contributed by atoms with van der Waals surface area (Å²) in [6.45, 7) is 5.65. The number of rotatable bonds is 8. The van der Waals surface area contributed by atoms with Crippen LogP contribution < -0.4 is 10.1 Å². The van der Waals surface area contributed by atoms with Crippen LogP contribution in [0.25, 0.3) is 0 Å². The lowest BCUT2D eigenvalue weighted by molar-refractivity contribution is 0.238. The number of hydrogen-bond acceptors (Lipinski definition) is 3. The van der Waals surface area contributed by atoms with E-state index >= 15 is 0 Å². The Hall–Kier alpha value is -1.84. The third kappa shape index (κ3) is 4.86. The predicted octanol–water partition coefficient (Wildman–Crippen LogP) is 3.43. The van der Waals surface area contributed by atoms with Crippen molar-refractivity contribution in [2.24, 2.45) is 0 Å². The largest absolute Gasteiger partial charge is 0.489 e. The average molecular weight is 299 g/mol. The predicted molar refractivity (Wildman–Crippen MR) is 90.0 cm³/mol. The third-order valence-corrected chi connectivity index (χ3v) is 3.86. The minimum Gasteiger partial charge on any atom is -0.489 e. The molecule has 3 heteroatoms. The maximum absolute atomic E-state index is 9.21. The first-order chi connectivity index (χ1) is 10.7. The van der Waals surface area contributed by atoms with Gasteiger partial charge < -0.3 is 15.2 Å². The van der Waals surface area contributed by atoms with E-state index in [0.29, 0.717) is 6.61 Å². The average Bonchev–Trinajstić information content (AvgIpc) is 2.55. The van der Waals surface area contributed by atoms with Crippen LogP contribution in [0.4, 0.5) is 0 Å². The zero-order chi connectivity index (χ0) is 15.8. The molecule has 22 heavy (non-hydrogen) atoms. The highest BCUT2D eigenvalue weighted by atomic mass is 16.5. The zero-order valence-electron chi connectivity index (χ0n) is 13.4. The quantitative estimate of drug-likeness (QED) is 0.784. The molecule has 2 rings (SSSR count). The maximum Gasteiger partial charge on any atom is 0.120 e. The van der Waals surface area contributed by atoms with Gasteiger partial charge in [0.15, 0.2) is 0 Å². The second-order valence-corrected chi connectivity index (χ2v) is 5.53. The lowest BCUT2D eigenvalue weighted by Gasteiger charge is -2.14. The first kappa shape index (κ1) is 16.5. The standard InChI is InChI=1S/C19H25NO2/c1-3-18(13-21)20-12-16-8-6-10-19(11-16)22-14-17-9-5-4-7-15(17)2/h4-11,18,20-21H,3,12-14H2,1-2H3/t18-/m0/s1. The van der Waals surface area contributed by atoms with Crippen LogP contribution in [0.15, 0.2) is 48.5 Å². The van der Waals surface area contributed by atoms with Gasteiger partial charge in [0.05, 0.1) is 6.61 Å². The van der Waals surface area contributed by atoms with Gasteiger partial charge >= 0.3 is 0 Å². The summed E-state index contributed by atoms with van der Waals surface area (Å²) in [6.07, 6.45) is 0.917. The van der Waals surface area contributed by atoms with Gasteiger partial charge in [-0.05, 0) is 42.2 Å². The van der Waals surface area contributed by atoms with E-state index in [4.69, 9.17) is 4.74 Å². The van der Waals surface area contributed by atoms with E-state index in [1.54, 1.807) is 0 Å². The molecular formula is C19H25NO2. The van der Waals surface area contributed by atoms with E-state index in [9.17, 15) is 5.11 Å². The van der Waals surface area contributed by atoms with Gasteiger partial charge in [0.1, 0.15) is 12.4 Å². The Balaban J connectivity index is 1.92. The van der Waals surface area contributed by atoms with Gasteiger partial charge in [-0.1, -0.05) is 43.3 Å². The monoisotopic (exact) mass is 299 g/mol. The Labute approximate surface area is 133 Å². The molecule has 2 aromatic carbocycles. The molecule has 2 N–H and O–H groups in total. The SMILES string of the molecule is CC[C@@H](CO)NCc1cccc(OCc2ccccc2C)c1. The summed E-state index contributed by atoms with van der Waals surface area (Å²) in [5.41, 5.74) is 3.61. The number of aliphatic hydroxyl groups excluding tert-OH is 1. The van der Waals surface area contributed by atoms with E-state index in [0.717, 1.165) is 24.3 Å². The Morgan fingerprint density at radius 2 is 1.95 bits per heavy atom. The second-order valence-electron chi connectivity index (χ2n) is 5.53. The van der Waals surface area contributed by atoms with Crippen molar-refractivity contribution in [3.8, 4) is 5.75 Å². The molecule has 0 saturated heterocycles. The van der Waals surface area contributed by atoms with Gasteiger partial charge in [0, 0.05) is 12.6 Å². The van der Waals surface area contributed by atoms with Crippen molar-refractivity contribution in [2.75, 3.05) is 6.61 Å². The normalized spacial score (nSPS) is 12.1. The van der Waals surface area contributed by atoms with Gasteiger partial charge in [-0.2, -0.15) is 0 Å². The van der Waals surface area contributed by atoms with Crippen LogP contribution in [0, 0.1) is 6.92 Å².